The lowest BCUT2D eigenvalue weighted by Crippen LogP contribution is -2.42. The molecule has 1 spiro atoms. The number of aromatic amines is 2. The topological polar surface area (TPSA) is 116 Å². The largest absolute Gasteiger partial charge is 0.329 e. The number of nitrogens with zero attached hydrogens (tertiary/aromatic N) is 3. The number of imidazole rings is 1. The fraction of sp³-hybridized carbons (Fsp3) is 0.263. The molecule has 2 unspecified atom stereocenters. The fourth-order valence-electron chi connectivity index (χ4n) is 4.55. The van der Waals surface area contributed by atoms with Crippen molar-refractivity contribution in [3.63, 3.8) is 0 Å². The van der Waals surface area contributed by atoms with E-state index in [1.165, 1.54) is 6.20 Å². The van der Waals surface area contributed by atoms with E-state index in [4.69, 9.17) is 0 Å². The smallest absolute Gasteiger partial charge is 0.323 e. The maximum Gasteiger partial charge on any atom is 0.323 e. The summed E-state index contributed by atoms with van der Waals surface area (Å²) < 4.78 is 1.65. The van der Waals surface area contributed by atoms with Crippen molar-refractivity contribution in [2.24, 2.45) is 7.05 Å². The summed E-state index contributed by atoms with van der Waals surface area (Å²) in [5.41, 5.74) is 1.25. The lowest BCUT2D eigenvalue weighted by molar-refractivity contribution is -0.121. The van der Waals surface area contributed by atoms with Crippen LogP contribution in [0.1, 0.15) is 34.1 Å². The summed E-state index contributed by atoms with van der Waals surface area (Å²) in [6.45, 7) is 0.382. The zero-order valence-corrected chi connectivity index (χ0v) is 15.1. The monoisotopic (exact) mass is 378 g/mol. The minimum atomic E-state index is -0.897. The number of hydrogen-bond donors (Lipinski definition) is 3. The van der Waals surface area contributed by atoms with Gasteiger partial charge in [-0.15, -0.1) is 0 Å². The minimum absolute atomic E-state index is 0.125. The number of anilines is 1. The molecule has 3 aromatic rings. The molecular formula is C19H18N6O3. The summed E-state index contributed by atoms with van der Waals surface area (Å²) >= 11 is 0. The summed E-state index contributed by atoms with van der Waals surface area (Å²) in [7, 11) is 1.80. The van der Waals surface area contributed by atoms with Crippen molar-refractivity contribution < 1.29 is 9.59 Å². The summed E-state index contributed by atoms with van der Waals surface area (Å²) in [5.74, 6) is -0.457. The van der Waals surface area contributed by atoms with Gasteiger partial charge >= 0.3 is 5.69 Å². The maximum atomic E-state index is 13.2. The van der Waals surface area contributed by atoms with E-state index in [1.807, 2.05) is 30.5 Å². The lowest BCUT2D eigenvalue weighted by atomic mass is 9.73. The molecule has 0 bridgehead atoms. The van der Waals surface area contributed by atoms with Crippen molar-refractivity contribution in [3.05, 3.63) is 70.2 Å². The standard InChI is InChI=1S/C19H18N6O3/c1-24-10-11(8-21-24)15-19(12-4-2-3-5-13(12)22-17(19)27)6-7-25(15)16(26)14-9-20-18(28)23-14/h2-5,8-10,15H,6-7H2,1H3,(H,22,27)(H2,20,23,28). The van der Waals surface area contributed by atoms with Crippen LogP contribution >= 0.6 is 0 Å². The molecule has 1 saturated heterocycles. The molecule has 28 heavy (non-hydrogen) atoms. The molecule has 9 heteroatoms. The van der Waals surface area contributed by atoms with Crippen molar-refractivity contribution in [3.8, 4) is 0 Å². The molecule has 3 N–H and O–H groups in total. The van der Waals surface area contributed by atoms with E-state index in [1.54, 1.807) is 22.8 Å². The first kappa shape index (κ1) is 16.5. The van der Waals surface area contributed by atoms with Crippen LogP contribution in [0.2, 0.25) is 0 Å². The Morgan fingerprint density at radius 3 is 2.82 bits per heavy atom. The van der Waals surface area contributed by atoms with Crippen LogP contribution in [0.4, 0.5) is 5.69 Å². The van der Waals surface area contributed by atoms with Gasteiger partial charge in [-0.2, -0.15) is 5.10 Å². The van der Waals surface area contributed by atoms with Gasteiger partial charge in [0.2, 0.25) is 5.91 Å². The number of amides is 2. The highest BCUT2D eigenvalue weighted by Crippen LogP contribution is 2.54. The second-order valence-electron chi connectivity index (χ2n) is 7.23. The van der Waals surface area contributed by atoms with Gasteiger partial charge in [0.25, 0.3) is 5.91 Å². The van der Waals surface area contributed by atoms with Crippen LogP contribution < -0.4 is 11.0 Å². The number of rotatable bonds is 2. The van der Waals surface area contributed by atoms with E-state index in [0.29, 0.717) is 13.0 Å². The highest BCUT2D eigenvalue weighted by Gasteiger charge is 2.59. The maximum absolute atomic E-state index is 13.2. The molecule has 142 valence electrons. The molecule has 0 radical (unpaired) electrons. The van der Waals surface area contributed by atoms with Gasteiger partial charge < -0.3 is 20.2 Å². The van der Waals surface area contributed by atoms with Crippen molar-refractivity contribution >= 4 is 17.5 Å². The molecule has 0 aliphatic carbocycles. The molecule has 0 saturated carbocycles. The summed E-state index contributed by atoms with van der Waals surface area (Å²) in [5, 5.41) is 7.22. The summed E-state index contributed by atoms with van der Waals surface area (Å²) in [6, 6.07) is 7.05. The first-order valence-electron chi connectivity index (χ1n) is 8.99. The Labute approximate surface area is 159 Å². The average molecular weight is 378 g/mol. The number of likely N-dealkylation sites (tertiary alicyclic amines) is 1. The number of carbonyl (C=O) groups is 2. The molecular weight excluding hydrogens is 360 g/mol. The number of carbonyl (C=O) groups excluding carboxylic acids is 2. The van der Waals surface area contributed by atoms with Gasteiger partial charge in [-0.1, -0.05) is 18.2 Å². The Balaban J connectivity index is 1.68. The Morgan fingerprint density at radius 1 is 1.29 bits per heavy atom. The van der Waals surface area contributed by atoms with Crippen molar-refractivity contribution in [2.75, 3.05) is 11.9 Å². The molecule has 2 atom stereocenters. The minimum Gasteiger partial charge on any atom is -0.329 e. The third-order valence-electron chi connectivity index (χ3n) is 5.71. The van der Waals surface area contributed by atoms with Crippen molar-refractivity contribution in [1.29, 1.82) is 0 Å². The van der Waals surface area contributed by atoms with Crippen LogP contribution in [-0.2, 0) is 17.3 Å². The number of para-hydroxylation sites is 1. The predicted molar refractivity (Wildman–Crippen MR) is 99.8 cm³/mol. The van der Waals surface area contributed by atoms with Crippen LogP contribution in [-0.4, -0.2) is 43.0 Å². The number of H-pyrrole nitrogens is 2. The molecule has 1 aromatic carbocycles. The number of aryl methyl sites for hydroxylation is 1. The Bertz CT molecular complexity index is 1160. The number of nitrogens with one attached hydrogen (secondary N) is 3. The highest BCUT2D eigenvalue weighted by molar-refractivity contribution is 6.08. The number of aromatic nitrogens is 4. The van der Waals surface area contributed by atoms with E-state index >= 15 is 0 Å². The highest BCUT2D eigenvalue weighted by atomic mass is 16.2. The second kappa shape index (κ2) is 5.69. The zero-order chi connectivity index (χ0) is 19.5. The molecule has 2 amide bonds. The van der Waals surface area contributed by atoms with E-state index in [-0.39, 0.29) is 17.5 Å². The van der Waals surface area contributed by atoms with Crippen molar-refractivity contribution in [1.82, 2.24) is 24.6 Å². The molecule has 2 aliphatic heterocycles. The van der Waals surface area contributed by atoms with Gasteiger partial charge in [0.15, 0.2) is 0 Å². The Morgan fingerprint density at radius 2 is 2.11 bits per heavy atom. The number of benzene rings is 1. The molecule has 2 aromatic heterocycles. The normalized spacial score (nSPS) is 23.2. The van der Waals surface area contributed by atoms with E-state index in [2.05, 4.69) is 20.4 Å². The van der Waals surface area contributed by atoms with Crippen LogP contribution in [0.3, 0.4) is 0 Å². The van der Waals surface area contributed by atoms with Gasteiger partial charge in [0.05, 0.1) is 12.2 Å². The van der Waals surface area contributed by atoms with Crippen LogP contribution in [0, 0.1) is 0 Å². The average Bonchev–Trinajstić information content (AvgIpc) is 3.43. The zero-order valence-electron chi connectivity index (χ0n) is 15.1. The van der Waals surface area contributed by atoms with Gasteiger partial charge in [-0.3, -0.25) is 14.3 Å². The molecule has 5 rings (SSSR count). The Kier molecular flexibility index (Phi) is 3.36. The summed E-state index contributed by atoms with van der Waals surface area (Å²) in [4.78, 5) is 44.5. The van der Waals surface area contributed by atoms with Gasteiger partial charge in [-0.05, 0) is 18.1 Å². The molecule has 1 fully saturated rings. The first-order chi connectivity index (χ1) is 13.5. The fourth-order valence-corrected chi connectivity index (χ4v) is 4.55. The quantitative estimate of drug-likeness (QED) is 0.615. The van der Waals surface area contributed by atoms with Crippen LogP contribution in [0.5, 0.6) is 0 Å². The first-order valence-corrected chi connectivity index (χ1v) is 8.99. The molecule has 9 nitrogen and oxygen atoms in total. The third-order valence-corrected chi connectivity index (χ3v) is 5.71. The van der Waals surface area contributed by atoms with Gasteiger partial charge in [0, 0.05) is 37.2 Å². The molecule has 4 heterocycles. The lowest BCUT2D eigenvalue weighted by Gasteiger charge is -2.33. The second-order valence-corrected chi connectivity index (χ2v) is 7.23. The van der Waals surface area contributed by atoms with Crippen LogP contribution in [0.25, 0.3) is 0 Å². The SMILES string of the molecule is Cn1cc(C2N(C(=O)c3c[nH]c(=O)[nH]3)CCC23C(=O)Nc2ccccc23)cn1. The number of fused-ring (bicyclic) bond motifs is 2. The predicted octanol–water partition coefficient (Wildman–Crippen LogP) is 0.914. The summed E-state index contributed by atoms with van der Waals surface area (Å²) in [6.07, 6.45) is 5.35. The van der Waals surface area contributed by atoms with E-state index in [0.717, 1.165) is 16.8 Å². The van der Waals surface area contributed by atoms with E-state index < -0.39 is 17.1 Å². The van der Waals surface area contributed by atoms with Gasteiger partial charge in [-0.25, -0.2) is 4.79 Å². The Hall–Kier alpha value is -3.62. The number of hydrogen-bond acceptors (Lipinski definition) is 4. The third kappa shape index (κ3) is 2.13. The molecule has 2 aliphatic rings. The van der Waals surface area contributed by atoms with Gasteiger partial charge in [0.1, 0.15) is 11.1 Å². The van der Waals surface area contributed by atoms with Crippen LogP contribution in [0.15, 0.2) is 47.7 Å². The van der Waals surface area contributed by atoms with Crippen molar-refractivity contribution in [2.45, 2.75) is 17.9 Å². The van der Waals surface area contributed by atoms with E-state index in [9.17, 15) is 14.4 Å².